The molecule has 0 atom stereocenters. The van der Waals surface area contributed by atoms with Gasteiger partial charge in [-0.05, 0) is 67.7 Å². The van der Waals surface area contributed by atoms with Crippen LogP contribution in [0.2, 0.25) is 0 Å². The van der Waals surface area contributed by atoms with E-state index in [2.05, 4.69) is 4.90 Å². The average molecular weight is 380 g/mol. The Labute approximate surface area is 153 Å². The molecule has 0 radical (unpaired) electrons. The van der Waals surface area contributed by atoms with Gasteiger partial charge in [-0.25, -0.2) is 8.42 Å². The van der Waals surface area contributed by atoms with Gasteiger partial charge in [0.05, 0.1) is 11.5 Å². The topological polar surface area (TPSA) is 46.6 Å². The number of likely N-dealkylation sites (tertiary alicyclic amines) is 1. The zero-order chi connectivity index (χ0) is 17.7. The summed E-state index contributed by atoms with van der Waals surface area (Å²) >= 11 is 0. The molecule has 1 aliphatic rings. The summed E-state index contributed by atoms with van der Waals surface area (Å²) in [7, 11) is 1.65. The number of hydrogen-bond donors (Lipinski definition) is 0. The minimum absolute atomic E-state index is 0.107. The molecule has 2 aromatic carbocycles. The SMILES string of the molecule is O=S(=O)(Cl)c1ccc(-c2ccc(OCCCN3CCCC3)cc2)cc1. The van der Waals surface area contributed by atoms with Crippen LogP contribution in [0, 0.1) is 0 Å². The minimum atomic E-state index is -3.68. The van der Waals surface area contributed by atoms with Crippen molar-refractivity contribution in [2.75, 3.05) is 26.2 Å². The molecule has 1 fully saturated rings. The Kier molecular flexibility index (Phi) is 5.99. The maximum Gasteiger partial charge on any atom is 0.261 e. The van der Waals surface area contributed by atoms with Gasteiger partial charge in [-0.2, -0.15) is 0 Å². The van der Waals surface area contributed by atoms with Gasteiger partial charge in [-0.3, -0.25) is 0 Å². The lowest BCUT2D eigenvalue weighted by molar-refractivity contribution is 0.263. The normalized spacial score (nSPS) is 15.4. The summed E-state index contributed by atoms with van der Waals surface area (Å²) in [6.45, 7) is 4.27. The van der Waals surface area contributed by atoms with E-state index in [-0.39, 0.29) is 4.90 Å². The second-order valence-corrected chi connectivity index (χ2v) is 8.80. The smallest absolute Gasteiger partial charge is 0.261 e. The van der Waals surface area contributed by atoms with E-state index >= 15 is 0 Å². The van der Waals surface area contributed by atoms with E-state index in [0.717, 1.165) is 36.4 Å². The van der Waals surface area contributed by atoms with E-state index in [4.69, 9.17) is 15.4 Å². The van der Waals surface area contributed by atoms with Gasteiger partial charge in [0.25, 0.3) is 9.05 Å². The first-order chi connectivity index (χ1) is 12.0. The second-order valence-electron chi connectivity index (χ2n) is 6.24. The molecule has 1 saturated heterocycles. The highest BCUT2D eigenvalue weighted by atomic mass is 35.7. The molecule has 0 aromatic heterocycles. The Morgan fingerprint density at radius 3 is 2.04 bits per heavy atom. The predicted molar refractivity (Wildman–Crippen MR) is 101 cm³/mol. The highest BCUT2D eigenvalue weighted by Crippen LogP contribution is 2.25. The summed E-state index contributed by atoms with van der Waals surface area (Å²) in [5.41, 5.74) is 1.94. The zero-order valence-electron chi connectivity index (χ0n) is 14.0. The van der Waals surface area contributed by atoms with Crippen molar-refractivity contribution in [2.45, 2.75) is 24.2 Å². The molecular weight excluding hydrogens is 358 g/mol. The van der Waals surface area contributed by atoms with Gasteiger partial charge in [-0.1, -0.05) is 24.3 Å². The maximum absolute atomic E-state index is 11.3. The molecular formula is C19H22ClNO3S. The van der Waals surface area contributed by atoms with Crippen molar-refractivity contribution in [3.8, 4) is 16.9 Å². The van der Waals surface area contributed by atoms with Crippen LogP contribution in [0.1, 0.15) is 19.3 Å². The molecule has 0 amide bonds. The van der Waals surface area contributed by atoms with Gasteiger partial charge in [0.15, 0.2) is 0 Å². The van der Waals surface area contributed by atoms with Crippen LogP contribution >= 0.6 is 10.7 Å². The molecule has 4 nitrogen and oxygen atoms in total. The van der Waals surface area contributed by atoms with E-state index in [1.54, 1.807) is 12.1 Å². The fourth-order valence-electron chi connectivity index (χ4n) is 3.04. The second kappa shape index (κ2) is 8.21. The van der Waals surface area contributed by atoms with Crippen molar-refractivity contribution >= 4 is 19.7 Å². The largest absolute Gasteiger partial charge is 0.494 e. The maximum atomic E-state index is 11.3. The van der Waals surface area contributed by atoms with Crippen molar-refractivity contribution in [1.82, 2.24) is 4.90 Å². The van der Waals surface area contributed by atoms with Crippen LogP contribution in [0.5, 0.6) is 5.75 Å². The molecule has 0 spiro atoms. The third-order valence-corrected chi connectivity index (χ3v) is 5.78. The van der Waals surface area contributed by atoms with Crippen molar-refractivity contribution in [3.05, 3.63) is 48.5 Å². The van der Waals surface area contributed by atoms with Crippen LogP contribution in [0.4, 0.5) is 0 Å². The number of benzene rings is 2. The quantitative estimate of drug-likeness (QED) is 0.535. The lowest BCUT2D eigenvalue weighted by Crippen LogP contribution is -2.21. The summed E-state index contributed by atoms with van der Waals surface area (Å²) in [6, 6.07) is 14.4. The summed E-state index contributed by atoms with van der Waals surface area (Å²) in [5, 5.41) is 0. The molecule has 0 saturated carbocycles. The third-order valence-electron chi connectivity index (χ3n) is 4.41. The molecule has 3 rings (SSSR count). The fourth-order valence-corrected chi connectivity index (χ4v) is 3.81. The summed E-state index contributed by atoms with van der Waals surface area (Å²) in [5.74, 6) is 0.852. The fraction of sp³-hybridized carbons (Fsp3) is 0.368. The molecule has 2 aromatic rings. The first-order valence-corrected chi connectivity index (χ1v) is 10.8. The molecule has 0 aliphatic carbocycles. The van der Waals surface area contributed by atoms with Crippen LogP contribution in [-0.4, -0.2) is 39.6 Å². The average Bonchev–Trinajstić information content (AvgIpc) is 3.12. The summed E-state index contributed by atoms with van der Waals surface area (Å²) in [6.07, 6.45) is 3.68. The first kappa shape index (κ1) is 18.2. The van der Waals surface area contributed by atoms with Gasteiger partial charge in [-0.15, -0.1) is 0 Å². The van der Waals surface area contributed by atoms with Crippen molar-refractivity contribution in [2.24, 2.45) is 0 Å². The van der Waals surface area contributed by atoms with Crippen LogP contribution in [0.25, 0.3) is 11.1 Å². The van der Waals surface area contributed by atoms with Crippen LogP contribution in [0.3, 0.4) is 0 Å². The predicted octanol–water partition coefficient (Wildman–Crippen LogP) is 4.15. The molecule has 0 bridgehead atoms. The first-order valence-electron chi connectivity index (χ1n) is 8.53. The van der Waals surface area contributed by atoms with E-state index < -0.39 is 9.05 Å². The number of nitrogens with zero attached hydrogens (tertiary/aromatic N) is 1. The van der Waals surface area contributed by atoms with Crippen LogP contribution in [-0.2, 0) is 9.05 Å². The molecule has 134 valence electrons. The zero-order valence-corrected chi connectivity index (χ0v) is 15.6. The van der Waals surface area contributed by atoms with Crippen LogP contribution < -0.4 is 4.74 Å². The van der Waals surface area contributed by atoms with Crippen molar-refractivity contribution < 1.29 is 13.2 Å². The monoisotopic (exact) mass is 379 g/mol. The summed E-state index contributed by atoms with van der Waals surface area (Å²) in [4.78, 5) is 2.59. The minimum Gasteiger partial charge on any atom is -0.494 e. The standard InChI is InChI=1S/C19H22ClNO3S/c20-25(22,23)19-10-6-17(7-11-19)16-4-8-18(9-5-16)24-15-3-14-21-12-1-2-13-21/h4-11H,1-3,12-15H2. The molecule has 0 unspecified atom stereocenters. The molecule has 25 heavy (non-hydrogen) atoms. The molecule has 1 heterocycles. The van der Waals surface area contributed by atoms with Gasteiger partial charge < -0.3 is 9.64 Å². The van der Waals surface area contributed by atoms with Crippen LogP contribution in [0.15, 0.2) is 53.4 Å². The Morgan fingerprint density at radius 2 is 1.48 bits per heavy atom. The Balaban J connectivity index is 1.53. The van der Waals surface area contributed by atoms with Crippen molar-refractivity contribution in [3.63, 3.8) is 0 Å². The van der Waals surface area contributed by atoms with Gasteiger partial charge in [0.2, 0.25) is 0 Å². The van der Waals surface area contributed by atoms with Gasteiger partial charge in [0.1, 0.15) is 5.75 Å². The molecule has 6 heteroatoms. The highest BCUT2D eigenvalue weighted by Gasteiger charge is 2.11. The number of ether oxygens (including phenoxy) is 1. The lowest BCUT2D eigenvalue weighted by atomic mass is 10.1. The van der Waals surface area contributed by atoms with E-state index in [1.807, 2.05) is 24.3 Å². The van der Waals surface area contributed by atoms with Gasteiger partial charge in [0, 0.05) is 17.2 Å². The lowest BCUT2D eigenvalue weighted by Gasteiger charge is -2.14. The Hall–Kier alpha value is -1.56. The molecule has 1 aliphatic heterocycles. The van der Waals surface area contributed by atoms with E-state index in [9.17, 15) is 8.42 Å². The number of halogens is 1. The summed E-state index contributed by atoms with van der Waals surface area (Å²) < 4.78 is 28.4. The van der Waals surface area contributed by atoms with Gasteiger partial charge >= 0.3 is 0 Å². The third kappa shape index (κ3) is 5.21. The van der Waals surface area contributed by atoms with E-state index in [1.165, 1.54) is 38.1 Å². The molecule has 0 N–H and O–H groups in total. The number of hydrogen-bond acceptors (Lipinski definition) is 4. The van der Waals surface area contributed by atoms with E-state index in [0.29, 0.717) is 0 Å². The van der Waals surface area contributed by atoms with Crippen molar-refractivity contribution in [1.29, 1.82) is 0 Å². The highest BCUT2D eigenvalue weighted by molar-refractivity contribution is 8.13. The Bertz CT molecular complexity index is 782. The Morgan fingerprint density at radius 1 is 0.920 bits per heavy atom. The number of rotatable bonds is 7.